The molecule has 0 N–H and O–H groups in total. The van der Waals surface area contributed by atoms with E-state index in [1.165, 1.54) is 0 Å². The van der Waals surface area contributed by atoms with Crippen molar-refractivity contribution in [1.29, 1.82) is 0 Å². The van der Waals surface area contributed by atoms with Crippen LogP contribution >= 0.6 is 0 Å². The topological polar surface area (TPSA) is 28.2 Å². The Morgan fingerprint density at radius 3 is 0.909 bits per heavy atom. The van der Waals surface area contributed by atoms with E-state index in [1.807, 2.05) is 24.3 Å². The summed E-state index contributed by atoms with van der Waals surface area (Å²) in [4.78, 5) is 7.44. The molecule has 0 aliphatic rings. The van der Waals surface area contributed by atoms with Crippen LogP contribution in [0.5, 0.6) is 0 Å². The molecule has 2 rings (SSSR count). The maximum absolute atomic E-state index is 3.72. The molecule has 0 amide bonds. The van der Waals surface area contributed by atoms with Crippen molar-refractivity contribution in [3.05, 3.63) is 49.1 Å². The number of hydrogen-bond acceptors (Lipinski definition) is 0. The van der Waals surface area contributed by atoms with Crippen molar-refractivity contribution in [3.63, 3.8) is 0 Å². The van der Waals surface area contributed by atoms with Crippen molar-refractivity contribution in [2.45, 2.75) is 0 Å². The Kier molecular flexibility index (Phi) is 6.98. The van der Waals surface area contributed by atoms with Crippen molar-refractivity contribution >= 4 is 23.1 Å². The molecule has 0 radical (unpaired) electrons. The fourth-order valence-corrected chi connectivity index (χ4v) is 0.497. The predicted molar refractivity (Wildman–Crippen MR) is 45.3 cm³/mol. The summed E-state index contributed by atoms with van der Waals surface area (Å²) in [6.07, 6.45) is 7.00. The van der Waals surface area contributed by atoms with Crippen molar-refractivity contribution in [2.24, 2.45) is 0 Å². The second-order valence-electron chi connectivity index (χ2n) is 1.66. The molecular weight excluding hydrogens is 148 g/mol. The summed E-state index contributed by atoms with van der Waals surface area (Å²) >= 11 is 0. The van der Waals surface area contributed by atoms with Gasteiger partial charge in [0.1, 0.15) is 0 Å². The summed E-state index contributed by atoms with van der Waals surface area (Å²) < 4.78 is 0. The van der Waals surface area contributed by atoms with Crippen LogP contribution in [0.15, 0.2) is 49.1 Å². The largest absolute Gasteiger partial charge is 2.00 e. The summed E-state index contributed by atoms with van der Waals surface area (Å²) in [6, 6.07) is 7.56. The van der Waals surface area contributed by atoms with Gasteiger partial charge in [0.05, 0.1) is 0 Å². The molecule has 0 saturated heterocycles. The second kappa shape index (κ2) is 7.43. The SMILES string of the molecule is [Mg+2].c1cc[n-]c1.c1cc[n-]c1. The van der Waals surface area contributed by atoms with E-state index in [1.54, 1.807) is 24.8 Å². The Bertz CT molecular complexity index is 151. The van der Waals surface area contributed by atoms with Crippen LogP contribution in [0.1, 0.15) is 0 Å². The molecule has 0 bridgehead atoms. The minimum Gasteiger partial charge on any atom is -0.670 e. The Morgan fingerprint density at radius 2 is 0.818 bits per heavy atom. The molecule has 0 aromatic carbocycles. The first kappa shape index (κ1) is 10.3. The van der Waals surface area contributed by atoms with Gasteiger partial charge < -0.3 is 9.97 Å². The molecule has 0 aliphatic carbocycles. The minimum absolute atomic E-state index is 0. The van der Waals surface area contributed by atoms with Crippen LogP contribution in [0.25, 0.3) is 0 Å². The van der Waals surface area contributed by atoms with Gasteiger partial charge in [-0.1, -0.05) is 24.3 Å². The quantitative estimate of drug-likeness (QED) is 0.531. The first-order chi connectivity index (χ1) is 5.00. The molecule has 2 heterocycles. The van der Waals surface area contributed by atoms with Gasteiger partial charge in [0, 0.05) is 0 Å². The molecule has 3 heteroatoms. The molecule has 2 nitrogen and oxygen atoms in total. The summed E-state index contributed by atoms with van der Waals surface area (Å²) in [6.45, 7) is 0. The first-order valence-corrected chi connectivity index (χ1v) is 3.03. The van der Waals surface area contributed by atoms with Crippen LogP contribution in [-0.2, 0) is 0 Å². The second-order valence-corrected chi connectivity index (χ2v) is 1.66. The van der Waals surface area contributed by atoms with E-state index in [4.69, 9.17) is 0 Å². The van der Waals surface area contributed by atoms with Gasteiger partial charge >= 0.3 is 23.1 Å². The molecule has 2 aromatic rings. The van der Waals surface area contributed by atoms with Crippen LogP contribution in [0.4, 0.5) is 0 Å². The van der Waals surface area contributed by atoms with Crippen molar-refractivity contribution in [1.82, 2.24) is 9.97 Å². The smallest absolute Gasteiger partial charge is 0.670 e. The van der Waals surface area contributed by atoms with E-state index in [9.17, 15) is 0 Å². The summed E-state index contributed by atoms with van der Waals surface area (Å²) in [5.41, 5.74) is 0. The van der Waals surface area contributed by atoms with Crippen LogP contribution < -0.4 is 9.97 Å². The number of rotatable bonds is 0. The van der Waals surface area contributed by atoms with E-state index in [-0.39, 0.29) is 23.1 Å². The van der Waals surface area contributed by atoms with E-state index in [0.717, 1.165) is 0 Å². The molecule has 0 spiro atoms. The number of aromatic nitrogens is 2. The fraction of sp³-hybridized carbons (Fsp3) is 0. The van der Waals surface area contributed by atoms with Gasteiger partial charge in [-0.05, 0) is 0 Å². The van der Waals surface area contributed by atoms with Gasteiger partial charge in [-0.3, -0.25) is 0 Å². The third-order valence-electron chi connectivity index (χ3n) is 0.911. The molecule has 0 unspecified atom stereocenters. The average molecular weight is 156 g/mol. The molecule has 0 atom stereocenters. The normalized spacial score (nSPS) is 7.27. The van der Waals surface area contributed by atoms with Gasteiger partial charge in [-0.15, -0.1) is 0 Å². The molecule has 11 heavy (non-hydrogen) atoms. The zero-order valence-electron chi connectivity index (χ0n) is 6.22. The maximum Gasteiger partial charge on any atom is 2.00 e. The van der Waals surface area contributed by atoms with Gasteiger partial charge in [0.2, 0.25) is 0 Å². The summed E-state index contributed by atoms with van der Waals surface area (Å²) in [7, 11) is 0. The van der Waals surface area contributed by atoms with E-state index < -0.39 is 0 Å². The Labute approximate surface area is 82.2 Å². The van der Waals surface area contributed by atoms with Crippen LogP contribution in [-0.4, -0.2) is 23.1 Å². The van der Waals surface area contributed by atoms with E-state index >= 15 is 0 Å². The Morgan fingerprint density at radius 1 is 0.545 bits per heavy atom. The molecule has 0 aliphatic heterocycles. The van der Waals surface area contributed by atoms with Crippen LogP contribution in [0.3, 0.4) is 0 Å². The number of nitrogens with zero attached hydrogens (tertiary/aromatic N) is 2. The average Bonchev–Trinajstić information content (AvgIpc) is 2.67. The summed E-state index contributed by atoms with van der Waals surface area (Å²) in [5.74, 6) is 0. The fourth-order valence-electron chi connectivity index (χ4n) is 0.497. The molecule has 52 valence electrons. The van der Waals surface area contributed by atoms with Gasteiger partial charge in [0.25, 0.3) is 0 Å². The molecule has 2 aromatic heterocycles. The Hall–Kier alpha value is -0.674. The zero-order chi connectivity index (χ0) is 7.07. The van der Waals surface area contributed by atoms with Crippen molar-refractivity contribution < 1.29 is 0 Å². The summed E-state index contributed by atoms with van der Waals surface area (Å²) in [5, 5.41) is 0. The van der Waals surface area contributed by atoms with Gasteiger partial charge in [-0.2, -0.15) is 24.8 Å². The number of hydrogen-bond donors (Lipinski definition) is 0. The monoisotopic (exact) mass is 156 g/mol. The van der Waals surface area contributed by atoms with Crippen LogP contribution in [0, 0.1) is 0 Å². The van der Waals surface area contributed by atoms with E-state index in [0.29, 0.717) is 0 Å². The Balaban J connectivity index is 0.000000167. The maximum atomic E-state index is 3.72. The minimum atomic E-state index is 0. The standard InChI is InChI=1S/2C4H4N.Mg/c2*1-2-4-5-3-1;/h2*1-4H;/q2*-1;+2. The third kappa shape index (κ3) is 5.76. The van der Waals surface area contributed by atoms with E-state index in [2.05, 4.69) is 9.97 Å². The zero-order valence-corrected chi connectivity index (χ0v) is 7.63. The van der Waals surface area contributed by atoms with Crippen LogP contribution in [0.2, 0.25) is 0 Å². The van der Waals surface area contributed by atoms with Crippen molar-refractivity contribution in [3.8, 4) is 0 Å². The van der Waals surface area contributed by atoms with Crippen molar-refractivity contribution in [2.75, 3.05) is 0 Å². The molecular formula is C8H8MgN2. The third-order valence-corrected chi connectivity index (χ3v) is 0.911. The van der Waals surface area contributed by atoms with Gasteiger partial charge in [-0.25, -0.2) is 0 Å². The molecule has 0 saturated carbocycles. The van der Waals surface area contributed by atoms with Gasteiger partial charge in [0.15, 0.2) is 0 Å². The first-order valence-electron chi connectivity index (χ1n) is 3.03. The predicted octanol–water partition coefficient (Wildman–Crippen LogP) is 0.907. The molecule has 0 fully saturated rings.